The molecule has 0 N–H and O–H groups in total. The van der Waals surface area contributed by atoms with Crippen LogP contribution >= 0.6 is 0 Å². The lowest BCUT2D eigenvalue weighted by atomic mass is 10.1. The van der Waals surface area contributed by atoms with Crippen LogP contribution < -0.4 is 9.80 Å². The Morgan fingerprint density at radius 1 is 1.09 bits per heavy atom. The van der Waals surface area contributed by atoms with Gasteiger partial charge in [0.1, 0.15) is 11.2 Å². The highest BCUT2D eigenvalue weighted by Crippen LogP contribution is 2.32. The van der Waals surface area contributed by atoms with E-state index in [9.17, 15) is 14.9 Å². The summed E-state index contributed by atoms with van der Waals surface area (Å²) in [5.74, 6) is -0.118. The third-order valence-corrected chi connectivity index (χ3v) is 5.88. The van der Waals surface area contributed by atoms with Crippen LogP contribution in [0.15, 0.2) is 53.2 Å². The molecule has 2 aromatic carbocycles. The van der Waals surface area contributed by atoms with E-state index in [0.29, 0.717) is 37.9 Å². The maximum absolute atomic E-state index is 12.7. The minimum atomic E-state index is -0.444. The topological polar surface area (TPSA) is 111 Å². The van der Waals surface area contributed by atoms with Gasteiger partial charge in [-0.25, -0.2) is 4.98 Å². The van der Waals surface area contributed by atoms with Crippen molar-refractivity contribution in [1.29, 1.82) is 0 Å². The number of oxazole rings is 1. The molecule has 10 nitrogen and oxygen atoms in total. The van der Waals surface area contributed by atoms with E-state index in [4.69, 9.17) is 4.42 Å². The summed E-state index contributed by atoms with van der Waals surface area (Å²) >= 11 is 0. The minimum Gasteiger partial charge on any atom is -0.423 e. The summed E-state index contributed by atoms with van der Waals surface area (Å²) in [4.78, 5) is 36.7. The van der Waals surface area contributed by atoms with Crippen LogP contribution in [-0.2, 0) is 7.05 Å². The second kappa shape index (κ2) is 8.05. The van der Waals surface area contributed by atoms with Crippen molar-refractivity contribution in [1.82, 2.24) is 14.5 Å². The van der Waals surface area contributed by atoms with Crippen molar-refractivity contribution in [2.75, 3.05) is 36.0 Å². The highest BCUT2D eigenvalue weighted by molar-refractivity contribution is 6.07. The first-order chi connectivity index (χ1) is 15.9. The van der Waals surface area contributed by atoms with Crippen molar-refractivity contribution in [2.24, 2.45) is 7.05 Å². The Kier molecular flexibility index (Phi) is 5.04. The lowest BCUT2D eigenvalue weighted by Crippen LogP contribution is -2.46. The SMILES string of the molecule is Cc1ccc2oc(N3CCN(c4ccc(C(=O)c5nccn5C)cc4[N+](=O)[O-])CC3)nc2c1. The van der Waals surface area contributed by atoms with Crippen LogP contribution in [0.1, 0.15) is 21.7 Å². The molecule has 3 heterocycles. The van der Waals surface area contributed by atoms with Crippen LogP contribution in [0.2, 0.25) is 0 Å². The van der Waals surface area contributed by atoms with Gasteiger partial charge in [0.25, 0.3) is 11.7 Å². The van der Waals surface area contributed by atoms with Crippen molar-refractivity contribution in [3.8, 4) is 0 Å². The van der Waals surface area contributed by atoms with Crippen molar-refractivity contribution >= 4 is 34.3 Å². The number of carbonyl (C=O) groups excluding carboxylic acids is 1. The molecule has 0 radical (unpaired) electrons. The molecule has 4 aromatic rings. The van der Waals surface area contributed by atoms with Crippen molar-refractivity contribution in [3.63, 3.8) is 0 Å². The zero-order chi connectivity index (χ0) is 23.1. The Morgan fingerprint density at radius 2 is 1.85 bits per heavy atom. The number of carbonyl (C=O) groups is 1. The number of aromatic nitrogens is 3. The number of nitro groups is 1. The number of ketones is 1. The monoisotopic (exact) mass is 446 g/mol. The number of anilines is 2. The maximum Gasteiger partial charge on any atom is 0.298 e. The van der Waals surface area contributed by atoms with Gasteiger partial charge in [-0.15, -0.1) is 0 Å². The van der Waals surface area contributed by atoms with E-state index in [0.717, 1.165) is 16.7 Å². The van der Waals surface area contributed by atoms with E-state index in [1.54, 1.807) is 29.9 Å². The van der Waals surface area contributed by atoms with Crippen LogP contribution in [0.25, 0.3) is 11.1 Å². The second-order valence-electron chi connectivity index (χ2n) is 8.09. The van der Waals surface area contributed by atoms with E-state index >= 15 is 0 Å². The summed E-state index contributed by atoms with van der Waals surface area (Å²) in [5, 5.41) is 11.8. The van der Waals surface area contributed by atoms with Gasteiger partial charge >= 0.3 is 0 Å². The smallest absolute Gasteiger partial charge is 0.298 e. The van der Waals surface area contributed by atoms with Crippen LogP contribution in [-0.4, -0.2) is 51.4 Å². The maximum atomic E-state index is 12.7. The Hall–Kier alpha value is -4.21. The third kappa shape index (κ3) is 3.79. The second-order valence-corrected chi connectivity index (χ2v) is 8.09. The molecule has 0 saturated carbocycles. The fraction of sp³-hybridized carbons (Fsp3) is 0.261. The van der Waals surface area contributed by atoms with Crippen LogP contribution in [0.4, 0.5) is 17.4 Å². The number of hydrogen-bond acceptors (Lipinski definition) is 8. The molecule has 1 fully saturated rings. The summed E-state index contributed by atoms with van der Waals surface area (Å²) in [7, 11) is 1.71. The molecule has 33 heavy (non-hydrogen) atoms. The van der Waals surface area contributed by atoms with E-state index in [-0.39, 0.29) is 22.9 Å². The van der Waals surface area contributed by atoms with Gasteiger partial charge in [-0.3, -0.25) is 14.9 Å². The quantitative estimate of drug-likeness (QED) is 0.261. The Labute approximate surface area is 189 Å². The number of nitrogens with zero attached hydrogens (tertiary/aromatic N) is 6. The number of aryl methyl sites for hydroxylation is 2. The lowest BCUT2D eigenvalue weighted by Gasteiger charge is -2.35. The summed E-state index contributed by atoms with van der Waals surface area (Å²) in [6, 6.07) is 11.0. The molecule has 0 spiro atoms. The Bertz CT molecular complexity index is 1370. The third-order valence-electron chi connectivity index (χ3n) is 5.88. The van der Waals surface area contributed by atoms with Gasteiger partial charge in [0, 0.05) is 57.3 Å². The molecule has 1 saturated heterocycles. The van der Waals surface area contributed by atoms with Crippen LogP contribution in [0.3, 0.4) is 0 Å². The summed E-state index contributed by atoms with van der Waals surface area (Å²) in [6.45, 7) is 4.35. The molecule has 1 aliphatic rings. The highest BCUT2D eigenvalue weighted by atomic mass is 16.6. The van der Waals surface area contributed by atoms with E-state index in [1.807, 2.05) is 34.9 Å². The minimum absolute atomic E-state index is 0.0964. The van der Waals surface area contributed by atoms with Gasteiger partial charge in [-0.2, -0.15) is 4.98 Å². The number of nitro benzene ring substituents is 1. The van der Waals surface area contributed by atoms with Gasteiger partial charge in [0.2, 0.25) is 5.78 Å². The standard InChI is InChI=1S/C23H22N6O4/c1-15-3-6-20-17(13-15)25-23(33-20)28-11-9-27(10-12-28)18-5-4-16(14-19(18)29(31)32)21(30)22-24-7-8-26(22)2/h3-8,13-14H,9-12H2,1-2H3. The average molecular weight is 446 g/mol. The fourth-order valence-corrected chi connectivity index (χ4v) is 4.09. The lowest BCUT2D eigenvalue weighted by molar-refractivity contribution is -0.384. The van der Waals surface area contributed by atoms with Crippen molar-refractivity contribution in [2.45, 2.75) is 6.92 Å². The number of rotatable bonds is 5. The molecular weight excluding hydrogens is 424 g/mol. The zero-order valence-electron chi connectivity index (χ0n) is 18.3. The molecular formula is C23H22N6O4. The van der Waals surface area contributed by atoms with E-state index in [2.05, 4.69) is 9.97 Å². The Morgan fingerprint density at radius 3 is 2.55 bits per heavy atom. The zero-order valence-corrected chi connectivity index (χ0v) is 18.3. The summed E-state index contributed by atoms with van der Waals surface area (Å²) in [5.41, 5.74) is 3.30. The van der Waals surface area contributed by atoms with Crippen molar-refractivity contribution in [3.05, 3.63) is 75.9 Å². The van der Waals surface area contributed by atoms with Gasteiger partial charge in [0.15, 0.2) is 11.4 Å². The largest absolute Gasteiger partial charge is 0.423 e. The summed E-state index contributed by atoms with van der Waals surface area (Å²) in [6.07, 6.45) is 3.18. The molecule has 0 unspecified atom stereocenters. The van der Waals surface area contributed by atoms with Gasteiger partial charge < -0.3 is 18.8 Å². The molecule has 0 aliphatic carbocycles. The predicted octanol–water partition coefficient (Wildman–Crippen LogP) is 3.34. The molecule has 168 valence electrons. The molecule has 0 atom stereocenters. The van der Waals surface area contributed by atoms with Gasteiger partial charge in [-0.05, 0) is 36.8 Å². The number of hydrogen-bond donors (Lipinski definition) is 0. The van der Waals surface area contributed by atoms with Crippen molar-refractivity contribution < 1.29 is 14.1 Å². The molecule has 0 bridgehead atoms. The van der Waals surface area contributed by atoms with Crippen LogP contribution in [0.5, 0.6) is 0 Å². The van der Waals surface area contributed by atoms with Crippen LogP contribution in [0, 0.1) is 17.0 Å². The summed E-state index contributed by atoms with van der Waals surface area (Å²) < 4.78 is 7.49. The predicted molar refractivity (Wildman–Crippen MR) is 123 cm³/mol. The molecule has 2 aromatic heterocycles. The number of piperazine rings is 1. The number of imidazole rings is 1. The normalized spacial score (nSPS) is 14.1. The number of benzene rings is 2. The fourth-order valence-electron chi connectivity index (χ4n) is 4.09. The van der Waals surface area contributed by atoms with Gasteiger partial charge in [0.05, 0.1) is 4.92 Å². The molecule has 5 rings (SSSR count). The first-order valence-corrected chi connectivity index (χ1v) is 10.6. The first-order valence-electron chi connectivity index (χ1n) is 10.6. The Balaban J connectivity index is 1.35. The first kappa shape index (κ1) is 20.7. The average Bonchev–Trinajstić information content (AvgIpc) is 3.44. The highest BCUT2D eigenvalue weighted by Gasteiger charge is 2.27. The number of fused-ring (bicyclic) bond motifs is 1. The van der Waals surface area contributed by atoms with Gasteiger partial charge in [-0.1, -0.05) is 6.07 Å². The van der Waals surface area contributed by atoms with E-state index in [1.165, 1.54) is 12.3 Å². The molecule has 1 aliphatic heterocycles. The molecule has 10 heteroatoms. The van der Waals surface area contributed by atoms with E-state index < -0.39 is 4.92 Å². The molecule has 0 amide bonds.